The summed E-state index contributed by atoms with van der Waals surface area (Å²) in [5.41, 5.74) is 2.39. The van der Waals surface area contributed by atoms with Gasteiger partial charge in [0, 0.05) is 17.3 Å². The number of nitrogens with one attached hydrogen (secondary N) is 1. The number of carboxylic acids is 1. The molecule has 1 aromatic rings. The van der Waals surface area contributed by atoms with Gasteiger partial charge >= 0.3 is 5.97 Å². The molecule has 1 heterocycles. The molecule has 0 amide bonds. The monoisotopic (exact) mass is 247 g/mol. The molecule has 5 nitrogen and oxygen atoms in total. The average molecular weight is 247 g/mol. The van der Waals surface area contributed by atoms with Crippen LogP contribution in [-0.4, -0.2) is 27.1 Å². The molecule has 0 bridgehead atoms. The number of nitrogens with zero attached hydrogens (tertiary/aromatic N) is 2. The molecule has 0 aromatic carbocycles. The molecule has 2 unspecified atom stereocenters. The first-order valence-corrected chi connectivity index (χ1v) is 6.56. The van der Waals surface area contributed by atoms with Crippen molar-refractivity contribution >= 4 is 11.8 Å². The summed E-state index contributed by atoms with van der Waals surface area (Å²) in [6.07, 6.45) is 7.20. The maximum absolute atomic E-state index is 10.9. The number of aromatic nitrogens is 2. The lowest BCUT2D eigenvalue weighted by Gasteiger charge is -2.15. The molecule has 18 heavy (non-hydrogen) atoms. The molecular formula is C13H17N3O2. The smallest absolute Gasteiger partial charge is 0.306 e. The van der Waals surface area contributed by atoms with E-state index in [1.165, 1.54) is 5.56 Å². The van der Waals surface area contributed by atoms with Crippen LogP contribution in [-0.2, 0) is 17.6 Å². The summed E-state index contributed by atoms with van der Waals surface area (Å²) < 4.78 is 0. The number of aryl methyl sites for hydroxylation is 1. The van der Waals surface area contributed by atoms with E-state index in [0.717, 1.165) is 43.6 Å². The Balaban J connectivity index is 1.71. The van der Waals surface area contributed by atoms with Crippen molar-refractivity contribution in [2.24, 2.45) is 5.92 Å². The highest BCUT2D eigenvalue weighted by Crippen LogP contribution is 2.31. The first-order chi connectivity index (χ1) is 8.74. The van der Waals surface area contributed by atoms with Crippen LogP contribution in [0.15, 0.2) is 6.33 Å². The first-order valence-electron chi connectivity index (χ1n) is 6.56. The fourth-order valence-corrected chi connectivity index (χ4v) is 3.01. The number of carbonyl (C=O) groups is 1. The van der Waals surface area contributed by atoms with Gasteiger partial charge in [-0.25, -0.2) is 9.97 Å². The fraction of sp³-hybridized carbons (Fsp3) is 0.615. The van der Waals surface area contributed by atoms with Crippen LogP contribution in [0.5, 0.6) is 0 Å². The first kappa shape index (κ1) is 11.4. The number of carboxylic acid groups (broad SMARTS) is 1. The van der Waals surface area contributed by atoms with E-state index < -0.39 is 5.97 Å². The van der Waals surface area contributed by atoms with Crippen LogP contribution >= 0.6 is 0 Å². The topological polar surface area (TPSA) is 75.1 Å². The predicted octanol–water partition coefficient (Wildman–Crippen LogP) is 1.63. The van der Waals surface area contributed by atoms with E-state index in [1.807, 2.05) is 0 Å². The third-order valence-electron chi connectivity index (χ3n) is 4.00. The lowest BCUT2D eigenvalue weighted by molar-refractivity contribution is -0.141. The molecular weight excluding hydrogens is 230 g/mol. The zero-order valence-electron chi connectivity index (χ0n) is 10.2. The van der Waals surface area contributed by atoms with E-state index >= 15 is 0 Å². The minimum atomic E-state index is -0.674. The lowest BCUT2D eigenvalue weighted by Crippen LogP contribution is -2.19. The number of anilines is 1. The van der Waals surface area contributed by atoms with E-state index in [1.54, 1.807) is 6.33 Å². The van der Waals surface area contributed by atoms with Crippen molar-refractivity contribution in [3.63, 3.8) is 0 Å². The van der Waals surface area contributed by atoms with E-state index in [-0.39, 0.29) is 12.0 Å². The third-order valence-corrected chi connectivity index (χ3v) is 4.00. The van der Waals surface area contributed by atoms with Gasteiger partial charge in [0.15, 0.2) is 0 Å². The second kappa shape index (κ2) is 4.55. The van der Waals surface area contributed by atoms with Crippen molar-refractivity contribution in [3.05, 3.63) is 17.6 Å². The van der Waals surface area contributed by atoms with Gasteiger partial charge in [0.25, 0.3) is 0 Å². The Hall–Kier alpha value is -1.65. The Bertz CT molecular complexity index is 475. The molecule has 1 aromatic heterocycles. The summed E-state index contributed by atoms with van der Waals surface area (Å²) in [4.78, 5) is 19.5. The summed E-state index contributed by atoms with van der Waals surface area (Å²) in [5, 5.41) is 12.4. The summed E-state index contributed by atoms with van der Waals surface area (Å²) in [7, 11) is 0. The van der Waals surface area contributed by atoms with E-state index in [2.05, 4.69) is 15.3 Å². The zero-order valence-corrected chi connectivity index (χ0v) is 10.2. The van der Waals surface area contributed by atoms with Crippen molar-refractivity contribution < 1.29 is 9.90 Å². The molecule has 2 aliphatic carbocycles. The molecule has 1 fully saturated rings. The maximum atomic E-state index is 10.9. The lowest BCUT2D eigenvalue weighted by atomic mass is 10.1. The second-order valence-corrected chi connectivity index (χ2v) is 5.19. The van der Waals surface area contributed by atoms with Crippen LogP contribution in [0, 0.1) is 5.92 Å². The highest BCUT2D eigenvalue weighted by atomic mass is 16.4. The van der Waals surface area contributed by atoms with Crippen molar-refractivity contribution in [1.82, 2.24) is 9.97 Å². The Morgan fingerprint density at radius 2 is 2.22 bits per heavy atom. The van der Waals surface area contributed by atoms with Gasteiger partial charge in [-0.3, -0.25) is 4.79 Å². The van der Waals surface area contributed by atoms with Crippen molar-refractivity contribution in [1.29, 1.82) is 0 Å². The number of hydrogen-bond donors (Lipinski definition) is 2. The minimum absolute atomic E-state index is 0.197. The van der Waals surface area contributed by atoms with Crippen LogP contribution in [0.2, 0.25) is 0 Å². The molecule has 3 rings (SSSR count). The number of hydrogen-bond acceptors (Lipinski definition) is 4. The number of fused-ring (bicyclic) bond motifs is 1. The van der Waals surface area contributed by atoms with E-state index in [0.29, 0.717) is 6.42 Å². The molecule has 5 heteroatoms. The Morgan fingerprint density at radius 3 is 3.00 bits per heavy atom. The number of aliphatic carboxylic acids is 1. The largest absolute Gasteiger partial charge is 0.481 e. The molecule has 96 valence electrons. The molecule has 0 radical (unpaired) electrons. The third kappa shape index (κ3) is 2.05. The van der Waals surface area contributed by atoms with Crippen LogP contribution in [0.25, 0.3) is 0 Å². The van der Waals surface area contributed by atoms with Crippen LogP contribution in [0.1, 0.15) is 36.9 Å². The van der Waals surface area contributed by atoms with Gasteiger partial charge in [-0.1, -0.05) is 0 Å². The summed E-state index contributed by atoms with van der Waals surface area (Å²) in [6.45, 7) is 0. The molecule has 1 saturated carbocycles. The summed E-state index contributed by atoms with van der Waals surface area (Å²) in [6, 6.07) is 0.241. The summed E-state index contributed by atoms with van der Waals surface area (Å²) >= 11 is 0. The zero-order chi connectivity index (χ0) is 12.5. The van der Waals surface area contributed by atoms with Crippen molar-refractivity contribution in [3.8, 4) is 0 Å². The fourth-order valence-electron chi connectivity index (χ4n) is 3.01. The van der Waals surface area contributed by atoms with Crippen molar-refractivity contribution in [2.75, 3.05) is 5.32 Å². The standard InChI is InChI=1S/C13H17N3O2/c17-13(18)8-4-5-9(6-8)16-12-10-2-1-3-11(10)14-7-15-12/h7-9H,1-6H2,(H,17,18)(H,14,15,16). The van der Waals surface area contributed by atoms with Gasteiger partial charge in [0.1, 0.15) is 12.1 Å². The Morgan fingerprint density at radius 1 is 1.33 bits per heavy atom. The molecule has 2 aliphatic rings. The molecule has 0 aliphatic heterocycles. The summed E-state index contributed by atoms with van der Waals surface area (Å²) in [5.74, 6) is 0.0538. The molecule has 2 atom stereocenters. The normalized spacial score (nSPS) is 26.0. The van der Waals surface area contributed by atoms with Gasteiger partial charge in [-0.2, -0.15) is 0 Å². The van der Waals surface area contributed by atoms with Crippen LogP contribution in [0.3, 0.4) is 0 Å². The molecule has 0 saturated heterocycles. The SMILES string of the molecule is O=C(O)C1CCC(Nc2ncnc3c2CCC3)C1. The Labute approximate surface area is 106 Å². The molecule has 0 spiro atoms. The van der Waals surface area contributed by atoms with Crippen LogP contribution in [0.4, 0.5) is 5.82 Å². The second-order valence-electron chi connectivity index (χ2n) is 5.19. The quantitative estimate of drug-likeness (QED) is 0.849. The highest BCUT2D eigenvalue weighted by Gasteiger charge is 2.30. The van der Waals surface area contributed by atoms with E-state index in [9.17, 15) is 4.79 Å². The van der Waals surface area contributed by atoms with Crippen LogP contribution < -0.4 is 5.32 Å². The van der Waals surface area contributed by atoms with Gasteiger partial charge in [0.2, 0.25) is 0 Å². The molecule has 2 N–H and O–H groups in total. The predicted molar refractivity (Wildman–Crippen MR) is 66.4 cm³/mol. The number of rotatable bonds is 3. The van der Waals surface area contributed by atoms with E-state index in [4.69, 9.17) is 5.11 Å². The highest BCUT2D eigenvalue weighted by molar-refractivity contribution is 5.70. The average Bonchev–Trinajstić information content (AvgIpc) is 2.97. The van der Waals surface area contributed by atoms with Gasteiger partial charge in [0.05, 0.1) is 5.92 Å². The Kier molecular flexibility index (Phi) is 2.89. The minimum Gasteiger partial charge on any atom is -0.481 e. The van der Waals surface area contributed by atoms with Gasteiger partial charge in [-0.15, -0.1) is 0 Å². The maximum Gasteiger partial charge on any atom is 0.306 e. The van der Waals surface area contributed by atoms with Gasteiger partial charge in [-0.05, 0) is 38.5 Å². The van der Waals surface area contributed by atoms with Crippen molar-refractivity contribution in [2.45, 2.75) is 44.6 Å². The van der Waals surface area contributed by atoms with Gasteiger partial charge < -0.3 is 10.4 Å².